The number of para-hydroxylation sites is 4. The SMILES string of the molecule is Fc1ccc(-c2cncc(CN3CCN(c4cccc5c4OCCO5)CC3)c2)cc1.[O-][N+]1(Cc2cncc(-c3ccc(F)cc3)c2)CCN(c2cccc3c2OCCO3)CC1.[O-][n+]1cc(CN2CCN(c3cccc4c3OCCO4)CC2)cc(-c2ccc(F)cc2)c1.[O-][n+]1cc(C[N+]2([O-])CCN(c3cccc4c3OCCO4)CC2)cc(-c2ccc(F)cc2)c1. The quantitative estimate of drug-likeness (QED) is 0.0380. The number of halogens is 4. The molecule has 0 radical (unpaired) electrons. The molecule has 8 aliphatic rings. The van der Waals surface area contributed by atoms with Gasteiger partial charge in [0.1, 0.15) is 89.2 Å². The van der Waals surface area contributed by atoms with Gasteiger partial charge in [-0.15, -0.1) is 0 Å². The highest BCUT2D eigenvalue weighted by Crippen LogP contribution is 2.45. The summed E-state index contributed by atoms with van der Waals surface area (Å²) in [4.78, 5) is 22.5. The highest BCUT2D eigenvalue weighted by Gasteiger charge is 2.34. The zero-order valence-corrected chi connectivity index (χ0v) is 68.7. The number of piperazine rings is 4. The summed E-state index contributed by atoms with van der Waals surface area (Å²) in [5, 5.41) is 51.2. The van der Waals surface area contributed by atoms with Crippen LogP contribution in [-0.2, 0) is 26.2 Å². The Hall–Kier alpha value is -13.0. The highest BCUT2D eigenvalue weighted by molar-refractivity contribution is 5.71. The van der Waals surface area contributed by atoms with E-state index in [1.165, 1.54) is 72.7 Å². The van der Waals surface area contributed by atoms with Gasteiger partial charge in [-0.3, -0.25) is 19.8 Å². The van der Waals surface area contributed by atoms with Crippen LogP contribution in [0.4, 0.5) is 40.3 Å². The summed E-state index contributed by atoms with van der Waals surface area (Å²) in [6, 6.07) is 56.9. The van der Waals surface area contributed by atoms with Crippen molar-refractivity contribution in [3.8, 4) is 90.5 Å². The van der Waals surface area contributed by atoms with Crippen LogP contribution in [0.5, 0.6) is 46.0 Å². The smallest absolute Gasteiger partial charge is 0.189 e. The molecule has 12 aromatic rings. The number of nitrogens with zero attached hydrogens (tertiary/aromatic N) is 12. The van der Waals surface area contributed by atoms with Gasteiger partial charge in [-0.1, -0.05) is 72.8 Å². The third kappa shape index (κ3) is 20.5. The Morgan fingerprint density at radius 1 is 0.290 bits per heavy atom. The van der Waals surface area contributed by atoms with Gasteiger partial charge in [0.2, 0.25) is 0 Å². The van der Waals surface area contributed by atoms with Gasteiger partial charge in [-0.05, 0) is 149 Å². The Morgan fingerprint density at radius 2 is 0.573 bits per heavy atom. The summed E-state index contributed by atoms with van der Waals surface area (Å²) in [5.41, 5.74) is 14.6. The number of rotatable bonds is 16. The zero-order chi connectivity index (χ0) is 84.9. The summed E-state index contributed by atoms with van der Waals surface area (Å²) < 4.78 is 99.9. The molecule has 0 N–H and O–H groups in total. The van der Waals surface area contributed by atoms with Gasteiger partial charge in [0.15, 0.2) is 70.8 Å². The van der Waals surface area contributed by atoms with E-state index in [1.54, 1.807) is 67.1 Å². The van der Waals surface area contributed by atoms with Crippen LogP contribution in [-0.4, -0.2) is 187 Å². The maximum atomic E-state index is 13.5. The molecular formula is C96H96F4N12O12. The second-order valence-electron chi connectivity index (χ2n) is 31.8. The van der Waals surface area contributed by atoms with Crippen molar-refractivity contribution in [3.05, 3.63) is 310 Å². The van der Waals surface area contributed by atoms with Crippen LogP contribution in [0.15, 0.2) is 244 Å². The molecule has 28 heteroatoms. The number of hydrogen-bond donors (Lipinski definition) is 0. The van der Waals surface area contributed by atoms with Crippen molar-refractivity contribution in [1.82, 2.24) is 19.8 Å². The molecule has 24 nitrogen and oxygen atoms in total. The average molecular weight is 1690 g/mol. The highest BCUT2D eigenvalue weighted by atomic mass is 19.1. The third-order valence-electron chi connectivity index (χ3n) is 23.3. The minimum atomic E-state index is -0.407. The fourth-order valence-corrected chi connectivity index (χ4v) is 16.9. The summed E-state index contributed by atoms with van der Waals surface area (Å²) in [6.45, 7) is 18.1. The van der Waals surface area contributed by atoms with Crippen LogP contribution >= 0.6 is 0 Å². The monoisotopic (exact) mass is 1680 g/mol. The van der Waals surface area contributed by atoms with Crippen molar-refractivity contribution in [2.45, 2.75) is 26.2 Å². The van der Waals surface area contributed by atoms with Gasteiger partial charge < -0.3 is 87.6 Å². The molecule has 0 amide bonds. The van der Waals surface area contributed by atoms with E-state index in [0.29, 0.717) is 134 Å². The minimum Gasteiger partial charge on any atom is -0.632 e. The number of anilines is 4. The van der Waals surface area contributed by atoms with Gasteiger partial charge in [0.25, 0.3) is 0 Å². The maximum absolute atomic E-state index is 13.5. The van der Waals surface area contributed by atoms with Crippen molar-refractivity contribution in [1.29, 1.82) is 0 Å². The summed E-state index contributed by atoms with van der Waals surface area (Å²) in [5.74, 6) is 5.25. The minimum absolute atomic E-state index is 0.206. The lowest BCUT2D eigenvalue weighted by atomic mass is 10.1. The molecule has 4 aromatic heterocycles. The predicted octanol–water partition coefficient (Wildman–Crippen LogP) is 14.4. The van der Waals surface area contributed by atoms with Gasteiger partial charge in [-0.2, -0.15) is 9.46 Å². The van der Waals surface area contributed by atoms with Gasteiger partial charge >= 0.3 is 0 Å². The molecule has 8 aromatic carbocycles. The summed E-state index contributed by atoms with van der Waals surface area (Å²) in [6.07, 6.45) is 13.2. The second kappa shape index (κ2) is 38.2. The number of hydrogen-bond acceptors (Lipinski definition) is 20. The molecule has 0 aliphatic carbocycles. The van der Waals surface area contributed by atoms with Gasteiger partial charge in [0, 0.05) is 124 Å². The van der Waals surface area contributed by atoms with Crippen LogP contribution in [0.2, 0.25) is 0 Å². The first-order valence-corrected chi connectivity index (χ1v) is 42.0. The number of hydroxylamine groups is 6. The van der Waals surface area contributed by atoms with E-state index in [4.69, 9.17) is 37.9 Å². The van der Waals surface area contributed by atoms with Crippen molar-refractivity contribution in [2.24, 2.45) is 0 Å². The number of benzene rings is 8. The van der Waals surface area contributed by atoms with Gasteiger partial charge in [-0.25, -0.2) is 17.6 Å². The lowest BCUT2D eigenvalue weighted by Crippen LogP contribution is -2.55. The van der Waals surface area contributed by atoms with E-state index in [0.717, 1.165) is 182 Å². The molecule has 640 valence electrons. The Kier molecular flexibility index (Phi) is 25.7. The van der Waals surface area contributed by atoms with E-state index < -0.39 is 4.65 Å². The first-order valence-electron chi connectivity index (χ1n) is 42.0. The second-order valence-corrected chi connectivity index (χ2v) is 31.8. The molecule has 0 bridgehead atoms. The summed E-state index contributed by atoms with van der Waals surface area (Å²) >= 11 is 0. The van der Waals surface area contributed by atoms with E-state index in [9.17, 15) is 38.4 Å². The lowest BCUT2D eigenvalue weighted by molar-refractivity contribution is -0.894. The van der Waals surface area contributed by atoms with Crippen molar-refractivity contribution < 1.29 is 74.2 Å². The van der Waals surface area contributed by atoms with Crippen LogP contribution < -0.4 is 67.0 Å². The third-order valence-corrected chi connectivity index (χ3v) is 23.3. The molecular weight excluding hydrogens is 1590 g/mol. The topological polar surface area (TPSA) is 219 Å². The summed E-state index contributed by atoms with van der Waals surface area (Å²) in [7, 11) is 0. The molecule has 0 saturated carbocycles. The maximum Gasteiger partial charge on any atom is 0.189 e. The Bertz CT molecular complexity index is 5640. The fourth-order valence-electron chi connectivity index (χ4n) is 16.9. The Labute approximate surface area is 717 Å². The molecule has 0 atom stereocenters. The standard InChI is InChI=1S/C24H24FN3O4.2C24H24FN3O3.C24H24FN3O2/c25-21-6-4-19(5-7-21)20-14-18(15-27(29)16-20)17-28(30)10-8-26(9-11-28)22-2-1-3-23-24(22)32-13-12-31-23;25-21-6-4-19(5-7-21)20-14-18(15-26-16-20)17-28(29)10-8-27(9-11-28)22-2-1-3-23-24(22)31-13-12-30-23;25-21-6-4-19(5-7-21)20-14-18(16-28(29)17-20)15-26-8-10-27(11-9-26)22-2-1-3-23-24(22)31-13-12-30-23;25-21-6-4-19(5-7-21)20-14-18(15-26-16-20)17-27-8-10-28(11-9-27)22-2-1-3-23-24(22)30-13-12-29-23/h1-7,14-16H,8-13,17H2;1-7,14-16H,8-13,17H2;1-7,14,16-17H,8-13,15H2;1-7,14-16H,8-13,17H2. The average Bonchev–Trinajstić information content (AvgIpc) is 0.783. The largest absolute Gasteiger partial charge is 0.632 e. The van der Waals surface area contributed by atoms with E-state index in [-0.39, 0.29) is 34.5 Å². The van der Waals surface area contributed by atoms with Gasteiger partial charge in [0.05, 0.1) is 80.7 Å². The number of quaternary nitrogens is 2. The molecule has 20 rings (SSSR count). The zero-order valence-electron chi connectivity index (χ0n) is 68.7. The van der Waals surface area contributed by atoms with E-state index in [2.05, 4.69) is 57.6 Å². The lowest BCUT2D eigenvalue weighted by Gasteiger charge is -2.49. The van der Waals surface area contributed by atoms with Crippen molar-refractivity contribution >= 4 is 22.7 Å². The van der Waals surface area contributed by atoms with Crippen LogP contribution in [0.25, 0.3) is 44.5 Å². The number of ether oxygens (including phenoxy) is 8. The molecule has 124 heavy (non-hydrogen) atoms. The Morgan fingerprint density at radius 3 is 0.935 bits per heavy atom. The van der Waals surface area contributed by atoms with Crippen LogP contribution in [0.1, 0.15) is 22.3 Å². The van der Waals surface area contributed by atoms with Crippen molar-refractivity contribution in [3.63, 3.8) is 0 Å². The van der Waals surface area contributed by atoms with Crippen molar-refractivity contribution in [2.75, 3.05) is 177 Å². The van der Waals surface area contributed by atoms with Crippen LogP contribution in [0, 0.1) is 44.1 Å². The normalized spacial score (nSPS) is 16.9. The molecule has 4 fully saturated rings. The number of aromatic nitrogens is 4. The first kappa shape index (κ1) is 83.3. The first-order chi connectivity index (χ1) is 60.5. The molecule has 8 aliphatic heterocycles. The molecule has 12 heterocycles. The molecule has 0 spiro atoms. The predicted molar refractivity (Wildman–Crippen MR) is 464 cm³/mol. The molecule has 0 unspecified atom stereocenters. The number of pyridine rings is 4. The Balaban J connectivity index is 0.000000117. The fraction of sp³-hybridized carbons (Fsp3) is 0.292. The van der Waals surface area contributed by atoms with E-state index in [1.807, 2.05) is 91.3 Å². The van der Waals surface area contributed by atoms with E-state index >= 15 is 0 Å². The molecule has 4 saturated heterocycles. The van der Waals surface area contributed by atoms with Crippen LogP contribution in [0.3, 0.4) is 0 Å². The number of fused-ring (bicyclic) bond motifs is 4.